The van der Waals surface area contributed by atoms with Crippen molar-refractivity contribution in [1.82, 2.24) is 0 Å². The van der Waals surface area contributed by atoms with E-state index in [0.717, 1.165) is 18.1 Å². The van der Waals surface area contributed by atoms with Crippen molar-refractivity contribution < 1.29 is 4.80 Å². The van der Waals surface area contributed by atoms with Gasteiger partial charge in [0.1, 0.15) is 0 Å². The molecule has 1 N–H and O–H groups in total. The van der Waals surface area contributed by atoms with Crippen molar-refractivity contribution in [2.45, 2.75) is 57.7 Å². The average Bonchev–Trinajstić information content (AvgIpc) is 2.12. The average molecular weight is 200 g/mol. The fourth-order valence-corrected chi connectivity index (χ4v) is 4.83. The molecule has 13 heavy (non-hydrogen) atoms. The quantitative estimate of drug-likeness (QED) is 0.468. The number of rotatable bonds is 8. The van der Waals surface area contributed by atoms with E-state index in [1.54, 1.807) is 0 Å². The molecule has 0 amide bonds. The molecule has 0 rings (SSSR count). The van der Waals surface area contributed by atoms with Gasteiger partial charge in [0, 0.05) is 0 Å². The van der Waals surface area contributed by atoms with Crippen LogP contribution in [0.25, 0.3) is 0 Å². The summed E-state index contributed by atoms with van der Waals surface area (Å²) in [6.45, 7) is 8.10. The van der Waals surface area contributed by atoms with Gasteiger partial charge in [0.15, 0.2) is 8.32 Å². The third-order valence-corrected chi connectivity index (χ3v) is 6.13. The van der Waals surface area contributed by atoms with Gasteiger partial charge in [0.05, 0.1) is 0 Å². The zero-order valence-corrected chi connectivity index (χ0v) is 10.2. The van der Waals surface area contributed by atoms with Gasteiger partial charge in [-0.05, 0) is 18.1 Å². The molecule has 0 aliphatic carbocycles. The van der Waals surface area contributed by atoms with E-state index in [9.17, 15) is 4.80 Å². The SMILES string of the molecule is C=CC[Si](O)(CCCC)CCCC. The van der Waals surface area contributed by atoms with Gasteiger partial charge in [-0.2, -0.15) is 0 Å². The van der Waals surface area contributed by atoms with Gasteiger partial charge < -0.3 is 4.80 Å². The zero-order valence-electron chi connectivity index (χ0n) is 9.18. The van der Waals surface area contributed by atoms with E-state index in [2.05, 4.69) is 20.4 Å². The van der Waals surface area contributed by atoms with Crippen LogP contribution in [-0.4, -0.2) is 13.1 Å². The Kier molecular flexibility index (Phi) is 7.29. The van der Waals surface area contributed by atoms with E-state index >= 15 is 0 Å². The maximum absolute atomic E-state index is 10.3. The van der Waals surface area contributed by atoms with Gasteiger partial charge >= 0.3 is 0 Å². The zero-order chi connectivity index (χ0) is 10.2. The van der Waals surface area contributed by atoms with Crippen LogP contribution in [0.5, 0.6) is 0 Å². The minimum atomic E-state index is -1.91. The highest BCUT2D eigenvalue weighted by atomic mass is 28.4. The number of unbranched alkanes of at least 4 members (excludes halogenated alkanes) is 2. The molecular formula is C11H24OSi. The largest absolute Gasteiger partial charge is 0.431 e. The van der Waals surface area contributed by atoms with Crippen LogP contribution in [0.4, 0.5) is 0 Å². The number of allylic oxidation sites excluding steroid dienone is 1. The Hall–Kier alpha value is -0.0831. The Labute approximate surface area is 84.0 Å². The van der Waals surface area contributed by atoms with Crippen LogP contribution >= 0.6 is 0 Å². The van der Waals surface area contributed by atoms with Crippen molar-refractivity contribution in [1.29, 1.82) is 0 Å². The standard InChI is InChI=1S/C11H24OSi/c1-4-7-10-13(12,9-6-3)11-8-5-2/h6,12H,3-5,7-11H2,1-2H3. The summed E-state index contributed by atoms with van der Waals surface area (Å²) in [5.74, 6) is 0. The Bertz CT molecular complexity index is 126. The lowest BCUT2D eigenvalue weighted by molar-refractivity contribution is 0.519. The minimum absolute atomic E-state index is 0.882. The molecule has 78 valence electrons. The predicted octanol–water partition coefficient (Wildman–Crippen LogP) is 3.71. The molecule has 0 aromatic heterocycles. The van der Waals surface area contributed by atoms with Crippen LogP contribution in [0, 0.1) is 0 Å². The summed E-state index contributed by atoms with van der Waals surface area (Å²) in [7, 11) is -1.91. The van der Waals surface area contributed by atoms with E-state index in [-0.39, 0.29) is 0 Å². The monoisotopic (exact) mass is 200 g/mol. The Morgan fingerprint density at radius 1 is 1.15 bits per heavy atom. The van der Waals surface area contributed by atoms with Gasteiger partial charge in [-0.3, -0.25) is 0 Å². The van der Waals surface area contributed by atoms with E-state index in [1.165, 1.54) is 25.7 Å². The van der Waals surface area contributed by atoms with Gasteiger partial charge in [-0.15, -0.1) is 6.58 Å². The highest BCUT2D eigenvalue weighted by Crippen LogP contribution is 2.23. The molecule has 0 fully saturated rings. The topological polar surface area (TPSA) is 20.2 Å². The lowest BCUT2D eigenvalue weighted by atomic mass is 10.4. The van der Waals surface area contributed by atoms with Gasteiger partial charge in [0.25, 0.3) is 0 Å². The third kappa shape index (κ3) is 6.05. The second kappa shape index (κ2) is 7.33. The van der Waals surface area contributed by atoms with Crippen LogP contribution in [0.2, 0.25) is 18.1 Å². The number of hydrogen-bond acceptors (Lipinski definition) is 1. The second-order valence-corrected chi connectivity index (χ2v) is 7.78. The lowest BCUT2D eigenvalue weighted by Gasteiger charge is -2.23. The third-order valence-electron chi connectivity index (χ3n) is 2.52. The normalized spacial score (nSPS) is 11.6. The Morgan fingerprint density at radius 2 is 1.62 bits per heavy atom. The molecule has 0 atom stereocenters. The molecule has 1 nitrogen and oxygen atoms in total. The fraction of sp³-hybridized carbons (Fsp3) is 0.818. The first-order chi connectivity index (χ1) is 6.18. The highest BCUT2D eigenvalue weighted by molar-refractivity contribution is 6.72. The summed E-state index contributed by atoms with van der Waals surface area (Å²) in [5, 5.41) is 0. The molecule has 0 saturated carbocycles. The summed E-state index contributed by atoms with van der Waals surface area (Å²) in [6, 6.07) is 3.01. The molecular weight excluding hydrogens is 176 g/mol. The van der Waals surface area contributed by atoms with Gasteiger partial charge in [-0.1, -0.05) is 45.6 Å². The number of hydrogen-bond donors (Lipinski definition) is 1. The predicted molar refractivity (Wildman–Crippen MR) is 62.4 cm³/mol. The summed E-state index contributed by atoms with van der Waals surface area (Å²) < 4.78 is 0. The van der Waals surface area contributed by atoms with Crippen LogP contribution in [0.1, 0.15) is 39.5 Å². The summed E-state index contributed by atoms with van der Waals surface area (Å²) in [6.07, 6.45) is 6.65. The first kappa shape index (κ1) is 12.9. The van der Waals surface area contributed by atoms with E-state index < -0.39 is 8.32 Å². The van der Waals surface area contributed by atoms with Gasteiger partial charge in [-0.25, -0.2) is 0 Å². The highest BCUT2D eigenvalue weighted by Gasteiger charge is 2.27. The maximum atomic E-state index is 10.3. The van der Waals surface area contributed by atoms with Crippen molar-refractivity contribution in [3.05, 3.63) is 12.7 Å². The van der Waals surface area contributed by atoms with Crippen molar-refractivity contribution in [2.75, 3.05) is 0 Å². The van der Waals surface area contributed by atoms with Crippen molar-refractivity contribution >= 4 is 8.32 Å². The van der Waals surface area contributed by atoms with Crippen molar-refractivity contribution in [3.63, 3.8) is 0 Å². The Balaban J connectivity index is 3.90. The molecule has 0 spiro atoms. The van der Waals surface area contributed by atoms with Crippen molar-refractivity contribution in [2.24, 2.45) is 0 Å². The fourth-order valence-electron chi connectivity index (χ4n) is 1.61. The van der Waals surface area contributed by atoms with Crippen molar-refractivity contribution in [3.8, 4) is 0 Å². The van der Waals surface area contributed by atoms with E-state index in [0.29, 0.717) is 0 Å². The van der Waals surface area contributed by atoms with E-state index in [4.69, 9.17) is 0 Å². The molecule has 0 bridgehead atoms. The van der Waals surface area contributed by atoms with Crippen LogP contribution in [0.15, 0.2) is 12.7 Å². The lowest BCUT2D eigenvalue weighted by Crippen LogP contribution is -2.33. The molecule has 0 saturated heterocycles. The molecule has 0 aliphatic rings. The second-order valence-electron chi connectivity index (χ2n) is 3.92. The molecule has 0 aromatic rings. The Morgan fingerprint density at radius 3 is 1.92 bits per heavy atom. The minimum Gasteiger partial charge on any atom is -0.431 e. The molecule has 0 unspecified atom stereocenters. The first-order valence-electron chi connectivity index (χ1n) is 5.51. The molecule has 0 aromatic carbocycles. The molecule has 0 heterocycles. The van der Waals surface area contributed by atoms with Crippen LogP contribution < -0.4 is 0 Å². The first-order valence-corrected chi connectivity index (χ1v) is 8.08. The van der Waals surface area contributed by atoms with Crippen LogP contribution in [0.3, 0.4) is 0 Å². The maximum Gasteiger partial charge on any atom is 0.192 e. The molecule has 2 heteroatoms. The van der Waals surface area contributed by atoms with E-state index in [1.807, 2.05) is 6.08 Å². The van der Waals surface area contributed by atoms with Gasteiger partial charge in [0.2, 0.25) is 0 Å². The summed E-state index contributed by atoms with van der Waals surface area (Å²) >= 11 is 0. The summed E-state index contributed by atoms with van der Waals surface area (Å²) in [4.78, 5) is 10.3. The summed E-state index contributed by atoms with van der Waals surface area (Å²) in [5.41, 5.74) is 0. The molecule has 0 radical (unpaired) electrons. The van der Waals surface area contributed by atoms with Crippen LogP contribution in [-0.2, 0) is 0 Å². The smallest absolute Gasteiger partial charge is 0.192 e. The molecule has 0 aliphatic heterocycles.